The number of hydrogen-bond donors (Lipinski definition) is 0. The molecule has 0 amide bonds. The highest BCUT2D eigenvalue weighted by Crippen LogP contribution is 2.30. The number of rotatable bonds is 26. The molecule has 0 spiro atoms. The highest BCUT2D eigenvalue weighted by molar-refractivity contribution is 7.37. The molecule has 4 heteroatoms. The fourth-order valence-electron chi connectivity index (χ4n) is 4.94. The Kier molecular flexibility index (Phi) is 24.0. The lowest BCUT2D eigenvalue weighted by molar-refractivity contribution is -0.883. The molecule has 3 atom stereocenters. The Morgan fingerprint density at radius 2 is 1.00 bits per heavy atom. The van der Waals surface area contributed by atoms with Gasteiger partial charge in [-0.05, 0) is 18.8 Å². The van der Waals surface area contributed by atoms with E-state index in [2.05, 4.69) is 26.0 Å². The second-order valence-electron chi connectivity index (χ2n) is 12.0. The molecular weight excluding hydrogens is 449 g/mol. The van der Waals surface area contributed by atoms with Gasteiger partial charge in [0.05, 0.1) is 27.6 Å². The summed E-state index contributed by atoms with van der Waals surface area (Å²) in [6, 6.07) is 0. The van der Waals surface area contributed by atoms with Gasteiger partial charge in [-0.15, -0.1) is 0 Å². The minimum absolute atomic E-state index is 0.302. The summed E-state index contributed by atoms with van der Waals surface area (Å²) < 4.78 is 12.0. The van der Waals surface area contributed by atoms with E-state index in [0.717, 1.165) is 6.42 Å². The van der Waals surface area contributed by atoms with Crippen LogP contribution >= 0.6 is 8.03 Å². The van der Waals surface area contributed by atoms with E-state index in [4.69, 9.17) is 0 Å². The number of unbranched alkanes of at least 4 members (excludes halogenated alkanes) is 20. The molecule has 0 aliphatic heterocycles. The Morgan fingerprint density at radius 3 is 1.31 bits per heavy atom. The van der Waals surface area contributed by atoms with E-state index in [1.807, 2.05) is 21.1 Å². The quantitative estimate of drug-likeness (QED) is 0.0500. The summed E-state index contributed by atoms with van der Waals surface area (Å²) in [5, 5.41) is 0. The van der Waals surface area contributed by atoms with Gasteiger partial charge in [0.25, 0.3) is 5.78 Å². The predicted octanol–water partition coefficient (Wildman–Crippen LogP) is 9.92. The van der Waals surface area contributed by atoms with Gasteiger partial charge in [0, 0.05) is 0 Å². The lowest BCUT2D eigenvalue weighted by Crippen LogP contribution is -2.44. The Hall–Kier alpha value is -0.240. The van der Waals surface area contributed by atoms with Crippen molar-refractivity contribution in [1.82, 2.24) is 0 Å². The first-order valence-electron chi connectivity index (χ1n) is 15.4. The molecular formula is C31H63NO2P+. The molecule has 0 aliphatic carbocycles. The molecule has 0 aliphatic rings. The van der Waals surface area contributed by atoms with E-state index in [-0.39, 0.29) is 5.78 Å². The molecule has 208 valence electrons. The summed E-state index contributed by atoms with van der Waals surface area (Å²) in [6.45, 7) is 4.43. The summed E-state index contributed by atoms with van der Waals surface area (Å²) in [5.41, 5.74) is 0. The number of allylic oxidation sites excluding steroid dienone is 2. The van der Waals surface area contributed by atoms with Crippen LogP contribution in [0.15, 0.2) is 12.2 Å². The van der Waals surface area contributed by atoms with Gasteiger partial charge in [0.15, 0.2) is 0 Å². The number of hydrogen-bond acceptors (Lipinski definition) is 2. The summed E-state index contributed by atoms with van der Waals surface area (Å²) in [5.74, 6) is 0.0136. The van der Waals surface area contributed by atoms with E-state index in [9.17, 15) is 9.46 Å². The van der Waals surface area contributed by atoms with Crippen molar-refractivity contribution in [3.8, 4) is 0 Å². The minimum atomic E-state index is -2.39. The normalized spacial score (nSPS) is 14.5. The van der Waals surface area contributed by atoms with Crippen LogP contribution in [0, 0.1) is 5.92 Å². The van der Waals surface area contributed by atoms with Crippen LogP contribution in [-0.2, 0) is 4.57 Å². The molecule has 3 nitrogen and oxygen atoms in total. The molecule has 35 heavy (non-hydrogen) atoms. The Morgan fingerprint density at radius 1 is 0.657 bits per heavy atom. The van der Waals surface area contributed by atoms with Crippen molar-refractivity contribution >= 4 is 8.03 Å². The summed E-state index contributed by atoms with van der Waals surface area (Å²) in [4.78, 5) is 11.6. The number of nitrogens with zero attached hydrogens (tertiary/aromatic N) is 1. The van der Waals surface area contributed by atoms with Crippen molar-refractivity contribution in [1.29, 1.82) is 0 Å². The Labute approximate surface area is 222 Å². The monoisotopic (exact) mass is 512 g/mol. The van der Waals surface area contributed by atoms with Crippen LogP contribution in [-0.4, -0.2) is 31.4 Å². The van der Waals surface area contributed by atoms with E-state index >= 15 is 0 Å². The van der Waals surface area contributed by atoms with Crippen molar-refractivity contribution < 1.29 is 13.9 Å². The fourth-order valence-corrected chi connectivity index (χ4v) is 6.01. The van der Waals surface area contributed by atoms with Gasteiger partial charge in [0.2, 0.25) is 0 Å². The second kappa shape index (κ2) is 24.1. The highest BCUT2D eigenvalue weighted by Gasteiger charge is 2.36. The molecule has 0 aromatic rings. The molecule has 0 N–H and O–H groups in total. The zero-order valence-electron chi connectivity index (χ0n) is 24.6. The van der Waals surface area contributed by atoms with Crippen LogP contribution in [0.5, 0.6) is 0 Å². The lowest BCUT2D eigenvalue weighted by atomic mass is 10.0. The van der Waals surface area contributed by atoms with Gasteiger partial charge in [-0.1, -0.05) is 153 Å². The highest BCUT2D eigenvalue weighted by atomic mass is 31.1. The van der Waals surface area contributed by atoms with Crippen LogP contribution < -0.4 is 4.89 Å². The predicted molar refractivity (Wildman–Crippen MR) is 155 cm³/mol. The zero-order valence-corrected chi connectivity index (χ0v) is 25.5. The smallest absolute Gasteiger partial charge is 0.373 e. The van der Waals surface area contributed by atoms with Crippen LogP contribution in [0.25, 0.3) is 0 Å². The van der Waals surface area contributed by atoms with Crippen molar-refractivity contribution in [2.45, 2.75) is 161 Å². The first kappa shape index (κ1) is 34.8. The maximum atomic E-state index is 11.6. The van der Waals surface area contributed by atoms with E-state index in [0.29, 0.717) is 16.8 Å². The SMILES string of the molecule is CCCCCCCCCCCCCCCCCCCCCCC=CC(C)CC([P+](=O)[O-])[N+](C)(C)C. The van der Waals surface area contributed by atoms with Crippen molar-refractivity contribution in [2.24, 2.45) is 5.92 Å². The summed E-state index contributed by atoms with van der Waals surface area (Å²) in [7, 11) is 3.50. The van der Waals surface area contributed by atoms with Crippen LogP contribution in [0.2, 0.25) is 0 Å². The molecule has 0 aromatic heterocycles. The second-order valence-corrected chi connectivity index (χ2v) is 13.2. The third-order valence-electron chi connectivity index (χ3n) is 7.41. The Bertz CT molecular complexity index is 501. The first-order valence-corrected chi connectivity index (χ1v) is 16.6. The minimum Gasteiger partial charge on any atom is -0.591 e. The molecule has 0 saturated heterocycles. The topological polar surface area (TPSA) is 40.1 Å². The Balaban J connectivity index is 3.38. The zero-order chi connectivity index (χ0) is 26.2. The van der Waals surface area contributed by atoms with E-state index in [1.54, 1.807) is 0 Å². The van der Waals surface area contributed by atoms with Gasteiger partial charge >= 0.3 is 8.03 Å². The molecule has 0 radical (unpaired) electrons. The van der Waals surface area contributed by atoms with Crippen molar-refractivity contribution in [3.05, 3.63) is 12.2 Å². The molecule has 0 aromatic carbocycles. The van der Waals surface area contributed by atoms with Gasteiger partial charge in [-0.25, -0.2) is 0 Å². The third-order valence-corrected chi connectivity index (χ3v) is 8.80. The van der Waals surface area contributed by atoms with Crippen LogP contribution in [0.1, 0.15) is 155 Å². The average Bonchev–Trinajstić information content (AvgIpc) is 2.79. The van der Waals surface area contributed by atoms with Crippen LogP contribution in [0.4, 0.5) is 0 Å². The summed E-state index contributed by atoms with van der Waals surface area (Å²) >= 11 is 0. The van der Waals surface area contributed by atoms with E-state index < -0.39 is 8.03 Å². The third kappa shape index (κ3) is 23.9. The lowest BCUT2D eigenvalue weighted by Gasteiger charge is -2.28. The largest absolute Gasteiger partial charge is 0.591 e. The first-order chi connectivity index (χ1) is 16.8. The van der Waals surface area contributed by atoms with Crippen molar-refractivity contribution in [2.75, 3.05) is 21.1 Å². The molecule has 0 rings (SSSR count). The fraction of sp³-hybridized carbons (Fsp3) is 0.935. The summed E-state index contributed by atoms with van der Waals surface area (Å²) in [6.07, 6.45) is 34.7. The van der Waals surface area contributed by atoms with Gasteiger partial charge in [-0.2, -0.15) is 0 Å². The van der Waals surface area contributed by atoms with Crippen LogP contribution in [0.3, 0.4) is 0 Å². The molecule has 0 bridgehead atoms. The van der Waals surface area contributed by atoms with Gasteiger partial charge in [-0.3, -0.25) is 4.48 Å². The van der Waals surface area contributed by atoms with Crippen molar-refractivity contribution in [3.63, 3.8) is 0 Å². The number of quaternary nitrogens is 1. The average molecular weight is 513 g/mol. The molecule has 0 fully saturated rings. The maximum Gasteiger partial charge on any atom is 0.373 e. The maximum absolute atomic E-state index is 11.6. The molecule has 0 heterocycles. The van der Waals surface area contributed by atoms with Gasteiger partial charge < -0.3 is 4.89 Å². The molecule has 3 unspecified atom stereocenters. The van der Waals surface area contributed by atoms with Gasteiger partial charge in [0.1, 0.15) is 0 Å². The molecule has 0 saturated carbocycles. The van der Waals surface area contributed by atoms with E-state index in [1.165, 1.54) is 128 Å². The standard InChI is InChI=1S/C31H63NO2P/c1-6-7-8-9-10-11-12-13-14-15-16-17-18-19-20-21-22-23-24-25-26-27-28-30(2)29-31(35(33)34)32(3,4)5/h27-28,30-31H,6-26,29H2,1-5H3/q+1.